The van der Waals surface area contributed by atoms with Gasteiger partial charge in [0.1, 0.15) is 0 Å². The molecule has 0 bridgehead atoms. The molecule has 18 heavy (non-hydrogen) atoms. The fourth-order valence-corrected chi connectivity index (χ4v) is 2.25. The zero-order chi connectivity index (χ0) is 12.7. The second-order valence-electron chi connectivity index (χ2n) is 3.63. The molecule has 0 fully saturated rings. The molecular formula is C12H18LiNO3S. The van der Waals surface area contributed by atoms with Crippen LogP contribution in [0.2, 0.25) is 0 Å². The van der Waals surface area contributed by atoms with E-state index in [1.54, 1.807) is 12.1 Å². The summed E-state index contributed by atoms with van der Waals surface area (Å²) < 4.78 is 5.50. The van der Waals surface area contributed by atoms with Gasteiger partial charge in [-0.05, 0) is 25.2 Å². The molecule has 6 heteroatoms. The molecule has 1 aromatic rings. The fourth-order valence-electron chi connectivity index (χ4n) is 1.47. The van der Waals surface area contributed by atoms with Gasteiger partial charge in [0.05, 0.1) is 24.1 Å². The van der Waals surface area contributed by atoms with Crippen molar-refractivity contribution in [2.45, 2.75) is 20.5 Å². The van der Waals surface area contributed by atoms with Crippen LogP contribution in [-0.4, -0.2) is 37.1 Å². The van der Waals surface area contributed by atoms with Gasteiger partial charge in [0, 0.05) is 11.4 Å². The van der Waals surface area contributed by atoms with Gasteiger partial charge in [0.15, 0.2) is 0 Å². The van der Waals surface area contributed by atoms with Crippen LogP contribution in [0.1, 0.15) is 28.4 Å². The normalized spacial score (nSPS) is 10.4. The Kier molecular flexibility index (Phi) is 9.43. The van der Waals surface area contributed by atoms with Crippen molar-refractivity contribution in [3.05, 3.63) is 21.9 Å². The first-order valence-electron chi connectivity index (χ1n) is 5.77. The van der Waals surface area contributed by atoms with Crippen LogP contribution >= 0.6 is 11.3 Å². The Bertz CT molecular complexity index is 353. The van der Waals surface area contributed by atoms with E-state index >= 15 is 0 Å². The van der Waals surface area contributed by atoms with E-state index in [2.05, 4.69) is 18.7 Å². The zero-order valence-corrected chi connectivity index (χ0v) is 12.1. The molecule has 1 heterocycles. The summed E-state index contributed by atoms with van der Waals surface area (Å²) in [5.41, 5.74) is 0. The first-order valence-corrected chi connectivity index (χ1v) is 6.59. The maximum atomic E-state index is 10.6. The minimum Gasteiger partial charge on any atom is -0.544 e. The molecule has 4 nitrogen and oxygen atoms in total. The van der Waals surface area contributed by atoms with Crippen molar-refractivity contribution in [1.29, 1.82) is 0 Å². The minimum atomic E-state index is -1.12. The number of likely N-dealkylation sites (N-methyl/N-ethyl adjacent to an activating group) is 1. The van der Waals surface area contributed by atoms with Crippen molar-refractivity contribution < 1.29 is 33.5 Å². The molecule has 0 amide bonds. The molecule has 0 aliphatic carbocycles. The quantitative estimate of drug-likeness (QED) is 0.401. The van der Waals surface area contributed by atoms with E-state index in [0.717, 1.165) is 24.5 Å². The molecule has 0 aromatic carbocycles. The zero-order valence-electron chi connectivity index (χ0n) is 11.3. The summed E-state index contributed by atoms with van der Waals surface area (Å²) in [6.45, 7) is 8.33. The first kappa shape index (κ1) is 17.7. The Labute approximate surface area is 124 Å². The topological polar surface area (TPSA) is 52.6 Å². The number of hydrogen-bond acceptors (Lipinski definition) is 5. The van der Waals surface area contributed by atoms with E-state index in [1.807, 2.05) is 0 Å². The molecule has 0 unspecified atom stereocenters. The number of rotatable bonds is 8. The van der Waals surface area contributed by atoms with Crippen LogP contribution in [-0.2, 0) is 11.3 Å². The van der Waals surface area contributed by atoms with Gasteiger partial charge in [0.2, 0.25) is 0 Å². The third-order valence-electron chi connectivity index (χ3n) is 2.55. The Morgan fingerprint density at radius 3 is 2.56 bits per heavy atom. The van der Waals surface area contributed by atoms with E-state index < -0.39 is 5.97 Å². The predicted molar refractivity (Wildman–Crippen MR) is 66.1 cm³/mol. The second kappa shape index (κ2) is 9.60. The van der Waals surface area contributed by atoms with Crippen molar-refractivity contribution in [3.8, 4) is 0 Å². The number of nitrogens with zero attached hydrogens (tertiary/aromatic N) is 1. The number of thiophene rings is 1. The van der Waals surface area contributed by atoms with Crippen LogP contribution < -0.4 is 24.0 Å². The molecule has 0 saturated carbocycles. The summed E-state index contributed by atoms with van der Waals surface area (Å²) in [7, 11) is 0. The summed E-state index contributed by atoms with van der Waals surface area (Å²) in [5.74, 6) is -1.12. The van der Waals surface area contributed by atoms with Crippen LogP contribution in [0.15, 0.2) is 12.1 Å². The number of carboxylic acid groups (broad SMARTS) is 1. The van der Waals surface area contributed by atoms with E-state index in [-0.39, 0.29) is 23.7 Å². The van der Waals surface area contributed by atoms with Gasteiger partial charge in [-0.25, -0.2) is 0 Å². The third kappa shape index (κ3) is 6.03. The monoisotopic (exact) mass is 263 g/mol. The average Bonchev–Trinajstić information content (AvgIpc) is 2.78. The summed E-state index contributed by atoms with van der Waals surface area (Å²) >= 11 is 1.21. The fraction of sp³-hybridized carbons (Fsp3) is 0.583. The molecule has 0 spiro atoms. The van der Waals surface area contributed by atoms with Crippen molar-refractivity contribution >= 4 is 17.3 Å². The number of carbonyl (C=O) groups is 1. The van der Waals surface area contributed by atoms with E-state index in [1.165, 1.54) is 11.3 Å². The van der Waals surface area contributed by atoms with Crippen molar-refractivity contribution in [2.75, 3.05) is 26.2 Å². The summed E-state index contributed by atoms with van der Waals surface area (Å²) in [4.78, 5) is 14.0. The molecule has 0 saturated heterocycles. The summed E-state index contributed by atoms with van der Waals surface area (Å²) in [5, 5.41) is 10.6. The maximum Gasteiger partial charge on any atom is 1.00 e. The van der Waals surface area contributed by atoms with Crippen LogP contribution in [0.25, 0.3) is 0 Å². The number of hydrogen-bond donors (Lipinski definition) is 0. The van der Waals surface area contributed by atoms with E-state index in [9.17, 15) is 9.90 Å². The molecule has 0 aliphatic heterocycles. The standard InChI is InChI=1S/C12H19NO3S.Li/c1-3-13(4-2)7-8-16-9-10-5-6-11(17-10)12(14)15;/h5-6H,3-4,7-9H2,1-2H3,(H,14,15);/q;+1/p-1. The molecule has 0 aliphatic rings. The van der Waals surface area contributed by atoms with E-state index in [4.69, 9.17) is 4.74 Å². The second-order valence-corrected chi connectivity index (χ2v) is 4.80. The average molecular weight is 263 g/mol. The molecular weight excluding hydrogens is 245 g/mol. The van der Waals surface area contributed by atoms with Crippen molar-refractivity contribution in [3.63, 3.8) is 0 Å². The van der Waals surface area contributed by atoms with Gasteiger partial charge < -0.3 is 19.5 Å². The van der Waals surface area contributed by atoms with Crippen LogP contribution in [0, 0.1) is 0 Å². The largest absolute Gasteiger partial charge is 1.00 e. The van der Waals surface area contributed by atoms with Gasteiger partial charge in [-0.1, -0.05) is 13.8 Å². The molecule has 0 radical (unpaired) electrons. The summed E-state index contributed by atoms with van der Waals surface area (Å²) in [6, 6.07) is 3.33. The maximum absolute atomic E-state index is 10.6. The number of carbonyl (C=O) groups excluding carboxylic acids is 1. The first-order chi connectivity index (χ1) is 8.17. The Hall–Kier alpha value is -0.313. The van der Waals surface area contributed by atoms with Crippen molar-refractivity contribution in [2.24, 2.45) is 0 Å². The summed E-state index contributed by atoms with van der Waals surface area (Å²) in [6.07, 6.45) is 0. The van der Waals surface area contributed by atoms with Gasteiger partial charge in [0.25, 0.3) is 0 Å². The number of ether oxygens (including phenoxy) is 1. The van der Waals surface area contributed by atoms with Crippen LogP contribution in [0.5, 0.6) is 0 Å². The minimum absolute atomic E-state index is 0. The van der Waals surface area contributed by atoms with Crippen molar-refractivity contribution in [1.82, 2.24) is 4.90 Å². The molecule has 1 aromatic heterocycles. The Balaban J connectivity index is 0.00000289. The number of carboxylic acids is 1. The van der Waals surface area contributed by atoms with Gasteiger partial charge in [-0.3, -0.25) is 0 Å². The van der Waals surface area contributed by atoms with Crippen LogP contribution in [0.4, 0.5) is 0 Å². The van der Waals surface area contributed by atoms with Gasteiger partial charge in [-0.2, -0.15) is 0 Å². The Morgan fingerprint density at radius 2 is 2.06 bits per heavy atom. The van der Waals surface area contributed by atoms with Crippen LogP contribution in [0.3, 0.4) is 0 Å². The Morgan fingerprint density at radius 1 is 1.39 bits per heavy atom. The molecule has 1 rings (SSSR count). The van der Waals surface area contributed by atoms with Gasteiger partial charge in [-0.15, -0.1) is 11.3 Å². The van der Waals surface area contributed by atoms with E-state index in [0.29, 0.717) is 13.2 Å². The molecule has 0 atom stereocenters. The molecule has 0 N–H and O–H groups in total. The molecule has 96 valence electrons. The SMILES string of the molecule is CCN(CC)CCOCc1ccc(C(=O)[O-])s1.[Li+]. The van der Waals surface area contributed by atoms with Gasteiger partial charge >= 0.3 is 18.9 Å². The smallest absolute Gasteiger partial charge is 0.544 e. The predicted octanol–water partition coefficient (Wildman–Crippen LogP) is -2.03. The number of aromatic carboxylic acids is 1. The third-order valence-corrected chi connectivity index (χ3v) is 3.59.